The molecule has 0 fully saturated rings. The van der Waals surface area contributed by atoms with E-state index in [-0.39, 0.29) is 11.5 Å². The number of hydrogen-bond donors (Lipinski definition) is 1. The number of nitrogens with two attached hydrogens (primary N) is 1. The van der Waals surface area contributed by atoms with E-state index in [2.05, 4.69) is 10.3 Å². The van der Waals surface area contributed by atoms with Gasteiger partial charge in [-0.2, -0.15) is 0 Å². The molecule has 1 heterocycles. The first-order valence-corrected chi connectivity index (χ1v) is 6.60. The van der Waals surface area contributed by atoms with Crippen molar-refractivity contribution in [1.29, 1.82) is 0 Å². The molecule has 0 radical (unpaired) electrons. The Morgan fingerprint density at radius 2 is 1.95 bits per heavy atom. The Hall–Kier alpha value is -2.66. The summed E-state index contributed by atoms with van der Waals surface area (Å²) < 4.78 is 1.50. The van der Waals surface area contributed by atoms with Crippen LogP contribution in [0.1, 0.15) is 16.1 Å². The maximum Gasteiger partial charge on any atom is 0.216 e. The summed E-state index contributed by atoms with van der Waals surface area (Å²) in [7, 11) is 0. The van der Waals surface area contributed by atoms with Gasteiger partial charge in [0, 0.05) is 16.3 Å². The van der Waals surface area contributed by atoms with Gasteiger partial charge in [-0.15, -0.1) is 5.10 Å². The van der Waals surface area contributed by atoms with Gasteiger partial charge in [0.1, 0.15) is 0 Å². The minimum Gasteiger partial charge on any atom is -0.398 e. The first-order chi connectivity index (χ1) is 10.1. The highest BCUT2D eigenvalue weighted by molar-refractivity contribution is 6.30. The predicted octanol–water partition coefficient (Wildman–Crippen LogP) is 2.73. The molecular weight excluding hydrogens is 288 g/mol. The molecule has 104 valence electrons. The summed E-state index contributed by atoms with van der Waals surface area (Å²) in [5.41, 5.74) is 7.59. The molecule has 0 bridgehead atoms. The third kappa shape index (κ3) is 2.64. The van der Waals surface area contributed by atoms with Gasteiger partial charge < -0.3 is 5.73 Å². The minimum absolute atomic E-state index is 0.230. The Morgan fingerprint density at radius 1 is 1.14 bits per heavy atom. The van der Waals surface area contributed by atoms with Crippen molar-refractivity contribution in [3.63, 3.8) is 0 Å². The van der Waals surface area contributed by atoms with E-state index in [1.54, 1.807) is 48.7 Å². The summed E-state index contributed by atoms with van der Waals surface area (Å²) in [6.45, 7) is 0. The number of para-hydroxylation sites is 1. The number of ketones is 1. The second-order valence-corrected chi connectivity index (χ2v) is 4.88. The molecule has 0 spiro atoms. The highest BCUT2D eigenvalue weighted by atomic mass is 35.5. The fraction of sp³-hybridized carbons (Fsp3) is 0. The zero-order chi connectivity index (χ0) is 14.8. The molecule has 3 aromatic rings. The lowest BCUT2D eigenvalue weighted by atomic mass is 10.1. The lowest BCUT2D eigenvalue weighted by Gasteiger charge is -2.01. The Kier molecular flexibility index (Phi) is 3.41. The number of nitrogens with zero attached hydrogens (tertiary/aromatic N) is 3. The highest BCUT2D eigenvalue weighted by Gasteiger charge is 2.16. The lowest BCUT2D eigenvalue weighted by Crippen LogP contribution is -2.05. The minimum atomic E-state index is -0.263. The monoisotopic (exact) mass is 298 g/mol. The van der Waals surface area contributed by atoms with Crippen LogP contribution in [0, 0.1) is 0 Å². The van der Waals surface area contributed by atoms with Crippen molar-refractivity contribution in [2.75, 3.05) is 5.73 Å². The van der Waals surface area contributed by atoms with E-state index < -0.39 is 0 Å². The fourth-order valence-corrected chi connectivity index (χ4v) is 2.14. The second-order valence-electron chi connectivity index (χ2n) is 4.44. The normalized spacial score (nSPS) is 10.5. The molecule has 1 aromatic heterocycles. The topological polar surface area (TPSA) is 73.8 Å². The summed E-state index contributed by atoms with van der Waals surface area (Å²) in [6.07, 6.45) is 1.56. The molecule has 2 aromatic carbocycles. The molecular formula is C15H11ClN4O. The van der Waals surface area contributed by atoms with E-state index in [0.29, 0.717) is 16.3 Å². The van der Waals surface area contributed by atoms with Crippen LogP contribution in [0.25, 0.3) is 5.69 Å². The van der Waals surface area contributed by atoms with E-state index >= 15 is 0 Å². The Labute approximate surface area is 126 Å². The van der Waals surface area contributed by atoms with Crippen LogP contribution in [0.3, 0.4) is 0 Å². The van der Waals surface area contributed by atoms with Gasteiger partial charge in [-0.1, -0.05) is 35.0 Å². The summed E-state index contributed by atoms with van der Waals surface area (Å²) in [5, 5.41) is 8.44. The van der Waals surface area contributed by atoms with E-state index in [0.717, 1.165) is 5.69 Å². The standard InChI is InChI=1S/C15H11ClN4O/c16-10-4-3-5-11(8-10)20-9-14(18-19-20)15(21)12-6-1-2-7-13(12)17/h1-9H,17H2. The Morgan fingerprint density at radius 3 is 2.71 bits per heavy atom. The third-order valence-electron chi connectivity index (χ3n) is 3.00. The van der Waals surface area contributed by atoms with E-state index in [9.17, 15) is 4.79 Å². The molecule has 0 unspecified atom stereocenters. The Bertz CT molecular complexity index is 813. The molecule has 21 heavy (non-hydrogen) atoms. The van der Waals surface area contributed by atoms with Crippen LogP contribution >= 0.6 is 11.6 Å². The van der Waals surface area contributed by atoms with E-state index in [4.69, 9.17) is 17.3 Å². The summed E-state index contributed by atoms with van der Waals surface area (Å²) in [6, 6.07) is 14.0. The van der Waals surface area contributed by atoms with Crippen LogP contribution in [0.2, 0.25) is 5.02 Å². The van der Waals surface area contributed by atoms with Crippen molar-refractivity contribution >= 4 is 23.1 Å². The van der Waals surface area contributed by atoms with Crippen molar-refractivity contribution in [1.82, 2.24) is 15.0 Å². The average Bonchev–Trinajstić information content (AvgIpc) is 2.97. The van der Waals surface area contributed by atoms with Crippen LogP contribution < -0.4 is 5.73 Å². The zero-order valence-electron chi connectivity index (χ0n) is 10.9. The van der Waals surface area contributed by atoms with Gasteiger partial charge in [-0.3, -0.25) is 4.79 Å². The van der Waals surface area contributed by atoms with E-state index in [1.165, 1.54) is 4.68 Å². The number of nitrogen functional groups attached to an aromatic ring is 1. The van der Waals surface area contributed by atoms with Crippen LogP contribution in [0.15, 0.2) is 54.7 Å². The number of anilines is 1. The molecule has 0 amide bonds. The molecule has 0 saturated heterocycles. The Balaban J connectivity index is 1.95. The van der Waals surface area contributed by atoms with Gasteiger partial charge in [0.25, 0.3) is 0 Å². The quantitative estimate of drug-likeness (QED) is 0.596. The average molecular weight is 299 g/mol. The molecule has 0 aliphatic rings. The molecule has 0 saturated carbocycles. The van der Waals surface area contributed by atoms with Gasteiger partial charge in [-0.05, 0) is 30.3 Å². The largest absolute Gasteiger partial charge is 0.398 e. The number of carbonyl (C=O) groups excluding carboxylic acids is 1. The maximum atomic E-state index is 12.4. The van der Waals surface area contributed by atoms with Gasteiger partial charge in [0.2, 0.25) is 5.78 Å². The highest BCUT2D eigenvalue weighted by Crippen LogP contribution is 2.17. The number of benzene rings is 2. The summed E-state index contributed by atoms with van der Waals surface area (Å²) >= 11 is 5.94. The number of hydrogen-bond acceptors (Lipinski definition) is 4. The number of halogens is 1. The van der Waals surface area contributed by atoms with Crippen molar-refractivity contribution in [2.45, 2.75) is 0 Å². The third-order valence-corrected chi connectivity index (χ3v) is 3.24. The summed E-state index contributed by atoms with van der Waals surface area (Å²) in [5.74, 6) is -0.263. The van der Waals surface area contributed by atoms with Crippen molar-refractivity contribution in [3.8, 4) is 5.69 Å². The lowest BCUT2D eigenvalue weighted by molar-refractivity contribution is 0.103. The number of carbonyl (C=O) groups is 1. The SMILES string of the molecule is Nc1ccccc1C(=O)c1cn(-c2cccc(Cl)c2)nn1. The van der Waals surface area contributed by atoms with Gasteiger partial charge in [-0.25, -0.2) is 4.68 Å². The van der Waals surface area contributed by atoms with Crippen LogP contribution in [-0.2, 0) is 0 Å². The first-order valence-electron chi connectivity index (χ1n) is 6.22. The van der Waals surface area contributed by atoms with Crippen molar-refractivity contribution in [3.05, 3.63) is 71.0 Å². The van der Waals surface area contributed by atoms with E-state index in [1.807, 2.05) is 6.07 Å². The summed E-state index contributed by atoms with van der Waals surface area (Å²) in [4.78, 5) is 12.4. The molecule has 6 heteroatoms. The molecule has 5 nitrogen and oxygen atoms in total. The van der Waals surface area contributed by atoms with Crippen molar-refractivity contribution < 1.29 is 4.79 Å². The molecule has 0 aliphatic carbocycles. The maximum absolute atomic E-state index is 12.4. The zero-order valence-corrected chi connectivity index (χ0v) is 11.7. The van der Waals surface area contributed by atoms with Crippen molar-refractivity contribution in [2.24, 2.45) is 0 Å². The van der Waals surface area contributed by atoms with Crippen LogP contribution in [0.4, 0.5) is 5.69 Å². The molecule has 0 atom stereocenters. The number of rotatable bonds is 3. The smallest absolute Gasteiger partial charge is 0.216 e. The molecule has 3 rings (SSSR count). The fourth-order valence-electron chi connectivity index (χ4n) is 1.95. The van der Waals surface area contributed by atoms with Crippen LogP contribution in [-0.4, -0.2) is 20.8 Å². The molecule has 2 N–H and O–H groups in total. The van der Waals surface area contributed by atoms with Gasteiger partial charge >= 0.3 is 0 Å². The molecule has 0 aliphatic heterocycles. The van der Waals surface area contributed by atoms with Crippen LogP contribution in [0.5, 0.6) is 0 Å². The number of aromatic nitrogens is 3. The van der Waals surface area contributed by atoms with Gasteiger partial charge in [0.15, 0.2) is 5.69 Å². The van der Waals surface area contributed by atoms with Gasteiger partial charge in [0.05, 0.1) is 11.9 Å². The first kappa shape index (κ1) is 13.3. The predicted molar refractivity (Wildman–Crippen MR) is 80.7 cm³/mol. The second kappa shape index (κ2) is 5.38.